The molecule has 0 fully saturated rings. The minimum Gasteiger partial charge on any atom is -0.485 e. The summed E-state index contributed by atoms with van der Waals surface area (Å²) in [5.41, 5.74) is 3.75. The summed E-state index contributed by atoms with van der Waals surface area (Å²) in [6, 6.07) is 13.9. The summed E-state index contributed by atoms with van der Waals surface area (Å²) in [5.74, 6) is -0.450. The predicted molar refractivity (Wildman–Crippen MR) is 183 cm³/mol. The lowest BCUT2D eigenvalue weighted by molar-refractivity contribution is -0.122. The van der Waals surface area contributed by atoms with Gasteiger partial charge >= 0.3 is 0 Å². The van der Waals surface area contributed by atoms with Crippen molar-refractivity contribution in [3.63, 3.8) is 0 Å². The van der Waals surface area contributed by atoms with E-state index in [2.05, 4.69) is 31.5 Å². The third-order valence-electron chi connectivity index (χ3n) is 6.56. The minimum atomic E-state index is -0.449. The first-order valence-electron chi connectivity index (χ1n) is 13.4. The maximum Gasteiger partial charge on any atom is 0.246 e. The monoisotopic (exact) mass is 737 g/mol. The lowest BCUT2D eigenvalue weighted by Gasteiger charge is -2.21. The van der Waals surface area contributed by atoms with Gasteiger partial charge in [0.15, 0.2) is 11.4 Å². The fourth-order valence-corrected chi connectivity index (χ4v) is 5.09. The summed E-state index contributed by atoms with van der Waals surface area (Å²) >= 11 is 16.7. The van der Waals surface area contributed by atoms with Gasteiger partial charge in [0.05, 0.1) is 36.0 Å². The largest absolute Gasteiger partial charge is 0.485 e. The fraction of sp³-hybridized carbons (Fsp3) is 0.226. The van der Waals surface area contributed by atoms with Crippen LogP contribution in [0.5, 0.6) is 5.75 Å². The predicted octanol–water partition coefficient (Wildman–Crippen LogP) is 6.48. The van der Waals surface area contributed by atoms with Gasteiger partial charge < -0.3 is 25.0 Å². The van der Waals surface area contributed by atoms with E-state index in [9.17, 15) is 14.4 Å². The number of methoxy groups -OCH3 is 1. The number of imidazole rings is 1. The Morgan fingerprint density at radius 1 is 1.11 bits per heavy atom. The van der Waals surface area contributed by atoms with E-state index in [-0.39, 0.29) is 48.8 Å². The quantitative estimate of drug-likeness (QED) is 0.161. The molecule has 10 nitrogen and oxygen atoms in total. The topological polar surface area (TPSA) is 114 Å². The number of likely N-dealkylation sites (N-methyl/N-ethyl adjacent to an activating group) is 1. The van der Waals surface area contributed by atoms with E-state index in [0.717, 1.165) is 15.9 Å². The Balaban J connectivity index is 0.00000552. The summed E-state index contributed by atoms with van der Waals surface area (Å²) in [7, 11) is 3.09. The van der Waals surface area contributed by atoms with E-state index >= 15 is 0 Å². The van der Waals surface area contributed by atoms with Crippen molar-refractivity contribution in [3.05, 3.63) is 92.3 Å². The van der Waals surface area contributed by atoms with Crippen molar-refractivity contribution in [1.82, 2.24) is 14.7 Å². The van der Waals surface area contributed by atoms with Crippen LogP contribution in [0.2, 0.25) is 10.0 Å². The van der Waals surface area contributed by atoms with E-state index in [1.54, 1.807) is 55.6 Å². The zero-order valence-corrected chi connectivity index (χ0v) is 28.5. The zero-order valence-electron chi connectivity index (χ0n) is 24.6. The number of halogens is 4. The molecule has 0 unspecified atom stereocenters. The molecular weight excluding hydrogens is 709 g/mol. The molecule has 0 aliphatic heterocycles. The first-order chi connectivity index (χ1) is 21.1. The van der Waals surface area contributed by atoms with Crippen LogP contribution >= 0.6 is 51.5 Å². The summed E-state index contributed by atoms with van der Waals surface area (Å²) in [6.07, 6.45) is 5.05. The second kappa shape index (κ2) is 16.6. The van der Waals surface area contributed by atoms with Crippen molar-refractivity contribution in [2.45, 2.75) is 20.0 Å². The van der Waals surface area contributed by atoms with E-state index in [0.29, 0.717) is 40.0 Å². The molecule has 0 spiro atoms. The number of carbonyl (C=O) groups is 3. The van der Waals surface area contributed by atoms with E-state index < -0.39 is 5.91 Å². The third-order valence-corrected chi connectivity index (χ3v) is 8.29. The minimum absolute atomic E-state index is 0. The molecule has 2 N–H and O–H groups in total. The molecule has 14 heteroatoms. The van der Waals surface area contributed by atoms with Crippen LogP contribution in [0.25, 0.3) is 11.7 Å². The molecule has 45 heavy (non-hydrogen) atoms. The standard InChI is InChI=1S/C31H30BrCl2N5O5.ClH/c1-19-30(32)39-15-4-5-25(31(39)36-19)44-18-22-23(33)11-12-24(29(22)34)38(2)28(42)17-35-26(40)13-8-20-6-9-21(10-7-20)37-27(41)14-16-43-3;/h4-13,15H,14,16-18H2,1-3H3,(H,35,40)(H,37,41);1H. The number of carbonyl (C=O) groups excluding carboxylic acids is 3. The summed E-state index contributed by atoms with van der Waals surface area (Å²) in [5, 5.41) is 5.99. The summed E-state index contributed by atoms with van der Waals surface area (Å²) < 4.78 is 13.6. The number of pyridine rings is 1. The second-order valence-corrected chi connectivity index (χ2v) is 11.2. The van der Waals surface area contributed by atoms with E-state index in [1.807, 2.05) is 23.6 Å². The number of rotatable bonds is 12. The fourth-order valence-electron chi connectivity index (χ4n) is 4.11. The zero-order chi connectivity index (χ0) is 31.8. The van der Waals surface area contributed by atoms with Gasteiger partial charge in [0.1, 0.15) is 11.2 Å². The van der Waals surface area contributed by atoms with Gasteiger partial charge in [-0.25, -0.2) is 4.98 Å². The molecule has 4 aromatic rings. The van der Waals surface area contributed by atoms with Gasteiger partial charge in [-0.3, -0.25) is 18.8 Å². The number of hydrogen-bond acceptors (Lipinski definition) is 6. The number of ether oxygens (including phenoxy) is 2. The highest BCUT2D eigenvalue weighted by Gasteiger charge is 2.20. The highest BCUT2D eigenvalue weighted by molar-refractivity contribution is 9.10. The van der Waals surface area contributed by atoms with Crippen LogP contribution < -0.4 is 20.3 Å². The van der Waals surface area contributed by atoms with Gasteiger partial charge in [0, 0.05) is 42.7 Å². The van der Waals surface area contributed by atoms with Gasteiger partial charge in [-0.2, -0.15) is 0 Å². The molecule has 2 heterocycles. The molecule has 2 aromatic heterocycles. The number of aryl methyl sites for hydroxylation is 1. The van der Waals surface area contributed by atoms with Crippen LogP contribution in [0.3, 0.4) is 0 Å². The molecule has 238 valence electrons. The summed E-state index contributed by atoms with van der Waals surface area (Å²) in [6.45, 7) is 2.01. The molecule has 0 atom stereocenters. The van der Waals surface area contributed by atoms with Crippen molar-refractivity contribution < 1.29 is 23.9 Å². The number of nitrogens with one attached hydrogen (secondary N) is 2. The average molecular weight is 740 g/mol. The molecule has 0 saturated carbocycles. The normalized spacial score (nSPS) is 10.9. The van der Waals surface area contributed by atoms with Crippen molar-refractivity contribution in [2.75, 3.05) is 37.5 Å². The Kier molecular flexibility index (Phi) is 13.3. The third kappa shape index (κ3) is 9.21. The number of benzene rings is 2. The second-order valence-electron chi connectivity index (χ2n) is 9.62. The first kappa shape index (κ1) is 35.9. The number of amides is 3. The Morgan fingerprint density at radius 3 is 2.56 bits per heavy atom. The van der Waals surface area contributed by atoms with Gasteiger partial charge in [-0.15, -0.1) is 12.4 Å². The number of anilines is 2. The maximum absolute atomic E-state index is 12.9. The van der Waals surface area contributed by atoms with Crippen molar-refractivity contribution >= 4 is 92.4 Å². The van der Waals surface area contributed by atoms with Crippen molar-refractivity contribution in [2.24, 2.45) is 0 Å². The number of aromatic nitrogens is 2. The molecule has 0 bridgehead atoms. The molecular formula is C31H31BrCl3N5O5. The highest BCUT2D eigenvalue weighted by atomic mass is 79.9. The molecule has 4 rings (SSSR count). The van der Waals surface area contributed by atoms with Crippen LogP contribution in [0.15, 0.2) is 65.4 Å². The van der Waals surface area contributed by atoms with Crippen LogP contribution in [-0.2, 0) is 25.7 Å². The average Bonchev–Trinajstić information content (AvgIpc) is 3.31. The summed E-state index contributed by atoms with van der Waals surface area (Å²) in [4.78, 5) is 43.0. The number of nitrogens with zero attached hydrogens (tertiary/aromatic N) is 3. The Labute approximate surface area is 285 Å². The van der Waals surface area contributed by atoms with Crippen molar-refractivity contribution in [3.8, 4) is 5.75 Å². The maximum atomic E-state index is 12.9. The highest BCUT2D eigenvalue weighted by Crippen LogP contribution is 2.35. The molecule has 0 saturated heterocycles. The van der Waals surface area contributed by atoms with E-state index in [1.165, 1.54) is 18.1 Å². The van der Waals surface area contributed by atoms with Gasteiger partial charge in [0.2, 0.25) is 17.7 Å². The lowest BCUT2D eigenvalue weighted by atomic mass is 10.2. The van der Waals surface area contributed by atoms with Gasteiger partial charge in [-0.1, -0.05) is 35.3 Å². The molecule has 0 aliphatic carbocycles. The van der Waals surface area contributed by atoms with Gasteiger partial charge in [0.25, 0.3) is 0 Å². The van der Waals surface area contributed by atoms with Crippen molar-refractivity contribution in [1.29, 1.82) is 0 Å². The number of fused-ring (bicyclic) bond motifs is 1. The Morgan fingerprint density at radius 2 is 1.84 bits per heavy atom. The van der Waals surface area contributed by atoms with E-state index in [4.69, 9.17) is 32.7 Å². The van der Waals surface area contributed by atoms with Crippen LogP contribution in [-0.4, -0.2) is 54.4 Å². The van der Waals surface area contributed by atoms with Crippen LogP contribution in [0.4, 0.5) is 11.4 Å². The lowest BCUT2D eigenvalue weighted by Crippen LogP contribution is -2.37. The molecule has 2 aromatic carbocycles. The Hall–Kier alpha value is -3.61. The van der Waals surface area contributed by atoms with Crippen LogP contribution in [0, 0.1) is 6.92 Å². The smallest absolute Gasteiger partial charge is 0.246 e. The van der Waals surface area contributed by atoms with Gasteiger partial charge in [-0.05, 0) is 70.9 Å². The molecule has 0 radical (unpaired) electrons. The van der Waals surface area contributed by atoms with Crippen LogP contribution in [0.1, 0.15) is 23.2 Å². The number of hydrogen-bond donors (Lipinski definition) is 2. The molecule has 0 aliphatic rings. The first-order valence-corrected chi connectivity index (χ1v) is 15.0. The molecule has 3 amide bonds. The Bertz CT molecular complexity index is 1710. The SMILES string of the molecule is COCCC(=O)Nc1ccc(C=CC(=O)NCC(=O)N(C)c2ccc(Cl)c(COc3cccn4c(Br)c(C)nc34)c2Cl)cc1.Cl.